The van der Waals surface area contributed by atoms with Crippen LogP contribution in [0.15, 0.2) is 74.9 Å². The first-order valence-electron chi connectivity index (χ1n) is 9.95. The molecule has 3 heterocycles. The second-order valence-corrected chi connectivity index (χ2v) is 8.64. The molecule has 0 spiro atoms. The van der Waals surface area contributed by atoms with E-state index in [1.54, 1.807) is 18.2 Å². The smallest absolute Gasteiger partial charge is 0.193 e. The van der Waals surface area contributed by atoms with Crippen molar-refractivity contribution >= 4 is 39.2 Å². The Hall–Kier alpha value is -3.71. The van der Waals surface area contributed by atoms with E-state index < -0.39 is 0 Å². The van der Waals surface area contributed by atoms with Gasteiger partial charge in [0.25, 0.3) is 0 Å². The number of hydrogen-bond acceptors (Lipinski definition) is 5. The van der Waals surface area contributed by atoms with E-state index >= 15 is 0 Å². The fourth-order valence-electron chi connectivity index (χ4n) is 3.46. The average molecular weight is 429 g/mol. The number of para-hydroxylation sites is 1. The van der Waals surface area contributed by atoms with Gasteiger partial charge in [-0.3, -0.25) is 9.79 Å². The number of aromatic amines is 1. The van der Waals surface area contributed by atoms with Gasteiger partial charge in [0.05, 0.1) is 26.2 Å². The van der Waals surface area contributed by atoms with Crippen molar-refractivity contribution in [2.24, 2.45) is 10.7 Å². The standard InChI is InChI=1S/C24H20N4O2S/c1-13(2)26-23(25)14-7-8-16-17(11-14)28-24(27-16)22-10-9-21(31-22)20-12-18(29)15-5-3-4-6-19(15)30-20/h3-13H,1-2H3,(H2,25,26)(H,27,28). The SMILES string of the molecule is CC(C)N=C(N)c1ccc2nc(-c3ccc(-c4cc(=O)c5ccccc5o4)s3)[nH]c2c1. The first kappa shape index (κ1) is 19.3. The third-order valence-corrected chi connectivity index (χ3v) is 6.00. The number of nitrogens with two attached hydrogens (primary N) is 1. The van der Waals surface area contributed by atoms with Gasteiger partial charge in [0, 0.05) is 17.7 Å². The van der Waals surface area contributed by atoms with Gasteiger partial charge in [0.1, 0.15) is 23.0 Å². The Bertz CT molecular complexity index is 1510. The van der Waals surface area contributed by atoms with Crippen molar-refractivity contribution in [1.82, 2.24) is 9.97 Å². The molecule has 7 heteroatoms. The van der Waals surface area contributed by atoms with E-state index in [2.05, 4.69) is 9.98 Å². The molecular formula is C24H20N4O2S. The quantitative estimate of drug-likeness (QED) is 0.304. The number of imidazole rings is 1. The molecule has 0 aliphatic carbocycles. The molecule has 2 aromatic carbocycles. The van der Waals surface area contributed by atoms with Gasteiger partial charge in [-0.1, -0.05) is 12.1 Å². The summed E-state index contributed by atoms with van der Waals surface area (Å²) in [7, 11) is 0. The van der Waals surface area contributed by atoms with Crippen molar-refractivity contribution in [1.29, 1.82) is 0 Å². The van der Waals surface area contributed by atoms with Crippen LogP contribution in [0.4, 0.5) is 0 Å². The van der Waals surface area contributed by atoms with E-state index in [0.717, 1.165) is 32.2 Å². The number of nitrogens with one attached hydrogen (secondary N) is 1. The predicted molar refractivity (Wildman–Crippen MR) is 127 cm³/mol. The van der Waals surface area contributed by atoms with Crippen molar-refractivity contribution in [3.8, 4) is 21.3 Å². The highest BCUT2D eigenvalue weighted by Crippen LogP contribution is 2.34. The average Bonchev–Trinajstić information content (AvgIpc) is 3.40. The van der Waals surface area contributed by atoms with Crippen LogP contribution in [0.5, 0.6) is 0 Å². The Morgan fingerprint density at radius 3 is 2.74 bits per heavy atom. The molecular weight excluding hydrogens is 408 g/mol. The summed E-state index contributed by atoms with van der Waals surface area (Å²) < 4.78 is 5.96. The van der Waals surface area contributed by atoms with E-state index in [1.165, 1.54) is 11.3 Å². The maximum absolute atomic E-state index is 12.4. The molecule has 0 saturated heterocycles. The van der Waals surface area contributed by atoms with Gasteiger partial charge >= 0.3 is 0 Å². The van der Waals surface area contributed by atoms with Gasteiger partial charge in [-0.2, -0.15) is 0 Å². The Kier molecular flexibility index (Phi) is 4.67. The molecule has 0 aliphatic rings. The van der Waals surface area contributed by atoms with Gasteiger partial charge in [0.2, 0.25) is 0 Å². The summed E-state index contributed by atoms with van der Waals surface area (Å²) in [5.41, 5.74) is 9.24. The number of fused-ring (bicyclic) bond motifs is 2. The monoisotopic (exact) mass is 428 g/mol. The predicted octanol–water partition coefficient (Wildman–Crippen LogP) is 5.18. The third-order valence-electron chi connectivity index (χ3n) is 4.89. The molecule has 3 N–H and O–H groups in total. The number of nitrogens with zero attached hydrogens (tertiary/aromatic N) is 2. The van der Waals surface area contributed by atoms with Crippen molar-refractivity contribution in [2.75, 3.05) is 0 Å². The van der Waals surface area contributed by atoms with Crippen molar-refractivity contribution in [3.05, 3.63) is 76.5 Å². The lowest BCUT2D eigenvalue weighted by molar-refractivity contribution is 0.620. The number of H-pyrrole nitrogens is 1. The minimum atomic E-state index is -0.0521. The topological polar surface area (TPSA) is 97.3 Å². The zero-order chi connectivity index (χ0) is 21.5. The molecule has 5 aromatic rings. The van der Waals surface area contributed by atoms with Gasteiger partial charge in [-0.05, 0) is 56.3 Å². The summed E-state index contributed by atoms with van der Waals surface area (Å²) in [6.07, 6.45) is 0. The highest BCUT2D eigenvalue weighted by Gasteiger charge is 2.13. The fourth-order valence-corrected chi connectivity index (χ4v) is 4.36. The summed E-state index contributed by atoms with van der Waals surface area (Å²) in [6, 6.07) is 18.7. The van der Waals surface area contributed by atoms with E-state index in [-0.39, 0.29) is 11.5 Å². The second-order valence-electron chi connectivity index (χ2n) is 7.56. The van der Waals surface area contributed by atoms with Crippen LogP contribution in [0.2, 0.25) is 0 Å². The molecule has 0 fully saturated rings. The van der Waals surface area contributed by atoms with E-state index in [9.17, 15) is 4.79 Å². The fraction of sp³-hybridized carbons (Fsp3) is 0.125. The molecule has 0 atom stereocenters. The molecule has 0 saturated carbocycles. The van der Waals surface area contributed by atoms with Crippen LogP contribution in [0, 0.1) is 0 Å². The van der Waals surface area contributed by atoms with Gasteiger partial charge in [-0.25, -0.2) is 4.98 Å². The van der Waals surface area contributed by atoms with Crippen LogP contribution in [0.3, 0.4) is 0 Å². The summed E-state index contributed by atoms with van der Waals surface area (Å²) in [5, 5.41) is 0.580. The zero-order valence-corrected chi connectivity index (χ0v) is 17.9. The molecule has 0 unspecified atom stereocenters. The minimum absolute atomic E-state index is 0.0521. The van der Waals surface area contributed by atoms with Gasteiger partial charge < -0.3 is 15.1 Å². The highest BCUT2D eigenvalue weighted by atomic mass is 32.1. The number of benzene rings is 2. The molecule has 0 amide bonds. The first-order chi connectivity index (χ1) is 15.0. The van der Waals surface area contributed by atoms with Crippen molar-refractivity contribution < 1.29 is 4.42 Å². The number of aromatic nitrogens is 2. The molecule has 6 nitrogen and oxygen atoms in total. The van der Waals surface area contributed by atoms with Crippen LogP contribution < -0.4 is 11.2 Å². The number of thiophene rings is 1. The lowest BCUT2D eigenvalue weighted by atomic mass is 10.2. The Morgan fingerprint density at radius 1 is 1.10 bits per heavy atom. The van der Waals surface area contributed by atoms with Crippen molar-refractivity contribution in [2.45, 2.75) is 19.9 Å². The van der Waals surface area contributed by atoms with Crippen LogP contribution in [-0.4, -0.2) is 21.8 Å². The molecule has 0 radical (unpaired) electrons. The number of hydrogen-bond donors (Lipinski definition) is 2. The Morgan fingerprint density at radius 2 is 1.90 bits per heavy atom. The van der Waals surface area contributed by atoms with Crippen LogP contribution in [0.1, 0.15) is 19.4 Å². The highest BCUT2D eigenvalue weighted by molar-refractivity contribution is 7.18. The summed E-state index contributed by atoms with van der Waals surface area (Å²) >= 11 is 1.52. The van der Waals surface area contributed by atoms with Crippen LogP contribution >= 0.6 is 11.3 Å². The summed E-state index contributed by atoms with van der Waals surface area (Å²) in [6.45, 7) is 3.98. The van der Waals surface area contributed by atoms with Gasteiger partial charge in [-0.15, -0.1) is 11.3 Å². The molecule has 0 aliphatic heterocycles. The largest absolute Gasteiger partial charge is 0.455 e. The number of amidine groups is 1. The Balaban J connectivity index is 1.51. The number of rotatable bonds is 4. The van der Waals surface area contributed by atoms with Crippen molar-refractivity contribution in [3.63, 3.8) is 0 Å². The summed E-state index contributed by atoms with van der Waals surface area (Å²) in [4.78, 5) is 26.7. The molecule has 31 heavy (non-hydrogen) atoms. The van der Waals surface area contributed by atoms with Gasteiger partial charge in [0.15, 0.2) is 5.43 Å². The third kappa shape index (κ3) is 3.64. The second kappa shape index (κ2) is 7.52. The van der Waals surface area contributed by atoms with Crippen LogP contribution in [0.25, 0.3) is 43.3 Å². The maximum Gasteiger partial charge on any atom is 0.193 e. The zero-order valence-electron chi connectivity index (χ0n) is 17.0. The minimum Gasteiger partial charge on any atom is -0.455 e. The first-order valence-corrected chi connectivity index (χ1v) is 10.8. The van der Waals surface area contributed by atoms with Crippen LogP contribution in [-0.2, 0) is 0 Å². The lowest BCUT2D eigenvalue weighted by Crippen LogP contribution is -2.15. The molecule has 5 rings (SSSR count). The summed E-state index contributed by atoms with van der Waals surface area (Å²) in [5.74, 6) is 1.82. The lowest BCUT2D eigenvalue weighted by Gasteiger charge is -2.03. The van der Waals surface area contributed by atoms with E-state index in [4.69, 9.17) is 15.1 Å². The molecule has 154 valence electrons. The normalized spacial score (nSPS) is 12.3. The van der Waals surface area contributed by atoms with E-state index in [0.29, 0.717) is 22.6 Å². The Labute approximate surface area is 182 Å². The molecule has 3 aromatic heterocycles. The number of aliphatic imine (C=N–C) groups is 1. The van der Waals surface area contributed by atoms with E-state index in [1.807, 2.05) is 56.3 Å². The maximum atomic E-state index is 12.4. The molecule has 0 bridgehead atoms.